The maximum absolute atomic E-state index is 13.3. The van der Waals surface area contributed by atoms with Crippen LogP contribution in [0.4, 0.5) is 0 Å². The molecule has 3 heterocycles. The molecule has 0 spiro atoms. The van der Waals surface area contributed by atoms with Gasteiger partial charge in [0, 0.05) is 47.0 Å². The van der Waals surface area contributed by atoms with Crippen LogP contribution < -0.4 is 15.9 Å². The van der Waals surface area contributed by atoms with Gasteiger partial charge in [-0.25, -0.2) is 17.4 Å². The number of hydrogen-bond donors (Lipinski definition) is 0. The van der Waals surface area contributed by atoms with E-state index < -0.39 is 17.9 Å². The first-order valence-electron chi connectivity index (χ1n) is 15.8. The standard InChI is InChI=1S/C21H22N4O2S2.C18H15P/c1-3-4-10-28-17-11-19-20(16-12-23-24(2)14-16)15-25(21(19)22-13-17)29(26,27)18-8-6-5-7-9-18;1-4-10-16(11-5-1)19(17-12-6-2-7-13-17)18-14-8-3-9-15-18/h5-9,11-15H,3-4,10H2,1-2H3;1-15H. The zero-order chi connectivity index (χ0) is 33.3. The lowest BCUT2D eigenvalue weighted by Gasteiger charge is -2.18. The van der Waals surface area contributed by atoms with Crippen molar-refractivity contribution < 1.29 is 8.42 Å². The lowest BCUT2D eigenvalue weighted by atomic mass is 10.1. The van der Waals surface area contributed by atoms with E-state index in [9.17, 15) is 8.42 Å². The Morgan fingerprint density at radius 3 is 1.77 bits per heavy atom. The first kappa shape index (κ1) is 33.4. The fourth-order valence-corrected chi connectivity index (χ4v) is 9.98. The molecule has 0 aliphatic heterocycles. The first-order valence-corrected chi connectivity index (χ1v) is 19.6. The van der Waals surface area contributed by atoms with E-state index in [1.165, 1.54) is 19.9 Å². The number of fused-ring (bicyclic) bond motifs is 1. The molecule has 7 rings (SSSR count). The summed E-state index contributed by atoms with van der Waals surface area (Å²) in [5.74, 6) is 1.01. The third-order valence-corrected chi connectivity index (χ3v) is 12.9. The molecule has 0 saturated heterocycles. The van der Waals surface area contributed by atoms with E-state index in [1.807, 2.05) is 19.3 Å². The third kappa shape index (κ3) is 7.63. The molecule has 7 aromatic rings. The normalized spacial score (nSPS) is 11.4. The fourth-order valence-electron chi connectivity index (χ4n) is 5.33. The SMILES string of the molecule is CCCCSc1cnc2c(c1)c(-c1cnn(C)c1)cn2S(=O)(=O)c1ccccc1.c1ccc(P(c2ccccc2)c2ccccc2)cc1. The molecule has 0 radical (unpaired) electrons. The van der Waals surface area contributed by atoms with Crippen molar-refractivity contribution in [1.29, 1.82) is 0 Å². The summed E-state index contributed by atoms with van der Waals surface area (Å²) in [7, 11) is -2.36. The number of pyridine rings is 1. The van der Waals surface area contributed by atoms with Gasteiger partial charge in [-0.2, -0.15) is 5.10 Å². The van der Waals surface area contributed by atoms with Crippen LogP contribution in [0.2, 0.25) is 0 Å². The number of thioether (sulfide) groups is 1. The van der Waals surface area contributed by atoms with Crippen molar-refractivity contribution in [2.75, 3.05) is 5.75 Å². The molecule has 0 amide bonds. The first-order chi connectivity index (χ1) is 23.5. The molecule has 48 heavy (non-hydrogen) atoms. The van der Waals surface area contributed by atoms with Gasteiger partial charge < -0.3 is 0 Å². The van der Waals surface area contributed by atoms with E-state index in [2.05, 4.69) is 108 Å². The quantitative estimate of drug-likeness (QED) is 0.0828. The summed E-state index contributed by atoms with van der Waals surface area (Å²) in [6, 6.07) is 42.8. The number of rotatable bonds is 10. The largest absolute Gasteiger partial charge is 0.275 e. The summed E-state index contributed by atoms with van der Waals surface area (Å²) < 4.78 is 29.6. The van der Waals surface area contributed by atoms with Gasteiger partial charge in [0.25, 0.3) is 10.0 Å². The summed E-state index contributed by atoms with van der Waals surface area (Å²) in [6.07, 6.45) is 9.29. The van der Waals surface area contributed by atoms with E-state index in [-0.39, 0.29) is 4.90 Å². The predicted molar refractivity (Wildman–Crippen MR) is 202 cm³/mol. The number of aromatic nitrogens is 4. The van der Waals surface area contributed by atoms with Gasteiger partial charge in [-0.05, 0) is 54.2 Å². The fraction of sp³-hybridized carbons (Fsp3) is 0.128. The van der Waals surface area contributed by atoms with Crippen LogP contribution in [-0.2, 0) is 17.1 Å². The van der Waals surface area contributed by atoms with Crippen LogP contribution in [-0.4, -0.2) is 32.9 Å². The second-order valence-electron chi connectivity index (χ2n) is 11.1. The molecule has 0 aliphatic carbocycles. The van der Waals surface area contributed by atoms with Gasteiger partial charge in [-0.3, -0.25) is 4.68 Å². The molecular formula is C39H37N4O2PS2. The minimum Gasteiger partial charge on any atom is -0.275 e. The predicted octanol–water partition coefficient (Wildman–Crippen LogP) is 8.01. The highest BCUT2D eigenvalue weighted by molar-refractivity contribution is 7.99. The Morgan fingerprint density at radius 2 is 1.27 bits per heavy atom. The number of benzene rings is 4. The smallest absolute Gasteiger partial charge is 0.269 e. The van der Waals surface area contributed by atoms with E-state index in [0.29, 0.717) is 5.65 Å². The molecule has 0 atom stereocenters. The average molecular weight is 689 g/mol. The van der Waals surface area contributed by atoms with Crippen LogP contribution in [0, 0.1) is 0 Å². The zero-order valence-electron chi connectivity index (χ0n) is 26.9. The number of unbranched alkanes of at least 4 members (excludes halogenated alkanes) is 1. The highest BCUT2D eigenvalue weighted by Gasteiger charge is 2.23. The monoisotopic (exact) mass is 688 g/mol. The molecule has 0 bridgehead atoms. The minimum absolute atomic E-state index is 0.234. The Bertz CT molecular complexity index is 2080. The number of aryl methyl sites for hydroxylation is 1. The van der Waals surface area contributed by atoms with Crippen molar-refractivity contribution >= 4 is 56.7 Å². The molecule has 0 unspecified atom stereocenters. The van der Waals surface area contributed by atoms with Crippen molar-refractivity contribution in [3.8, 4) is 11.1 Å². The summed E-state index contributed by atoms with van der Waals surface area (Å²) in [4.78, 5) is 5.81. The van der Waals surface area contributed by atoms with Gasteiger partial charge in [0.1, 0.15) is 0 Å². The summed E-state index contributed by atoms with van der Waals surface area (Å²) in [5, 5.41) is 9.24. The zero-order valence-corrected chi connectivity index (χ0v) is 29.5. The van der Waals surface area contributed by atoms with Gasteiger partial charge in [0.05, 0.1) is 11.1 Å². The van der Waals surface area contributed by atoms with E-state index in [4.69, 9.17) is 0 Å². The van der Waals surface area contributed by atoms with Crippen LogP contribution in [0.15, 0.2) is 162 Å². The molecule has 4 aromatic carbocycles. The van der Waals surface area contributed by atoms with Crippen LogP contribution in [0.5, 0.6) is 0 Å². The van der Waals surface area contributed by atoms with Crippen molar-refractivity contribution in [3.05, 3.63) is 152 Å². The maximum atomic E-state index is 13.3. The average Bonchev–Trinajstić information content (AvgIpc) is 3.74. The lowest BCUT2D eigenvalue weighted by Crippen LogP contribution is -2.20. The summed E-state index contributed by atoms with van der Waals surface area (Å²) in [6.45, 7) is 2.16. The number of hydrogen-bond acceptors (Lipinski definition) is 5. The highest BCUT2D eigenvalue weighted by Crippen LogP contribution is 2.35. The van der Waals surface area contributed by atoms with Gasteiger partial charge >= 0.3 is 0 Å². The number of nitrogens with zero attached hydrogens (tertiary/aromatic N) is 4. The Kier molecular flexibility index (Phi) is 10.9. The van der Waals surface area contributed by atoms with Crippen molar-refractivity contribution in [1.82, 2.24) is 18.7 Å². The molecule has 0 aliphatic rings. The molecule has 0 fully saturated rings. The van der Waals surface area contributed by atoms with Crippen LogP contribution in [0.25, 0.3) is 22.2 Å². The van der Waals surface area contributed by atoms with Gasteiger partial charge in [-0.15, -0.1) is 11.8 Å². The molecule has 9 heteroatoms. The molecular weight excluding hydrogens is 652 g/mol. The van der Waals surface area contributed by atoms with Crippen LogP contribution in [0.1, 0.15) is 19.8 Å². The van der Waals surface area contributed by atoms with Crippen molar-refractivity contribution in [2.45, 2.75) is 29.6 Å². The van der Waals surface area contributed by atoms with Crippen LogP contribution in [0.3, 0.4) is 0 Å². The van der Waals surface area contributed by atoms with Gasteiger partial charge in [0.15, 0.2) is 5.65 Å². The van der Waals surface area contributed by atoms with Gasteiger partial charge in [0.2, 0.25) is 0 Å². The third-order valence-electron chi connectivity index (χ3n) is 7.71. The Hall–Kier alpha value is -4.49. The summed E-state index contributed by atoms with van der Waals surface area (Å²) >= 11 is 1.74. The van der Waals surface area contributed by atoms with E-state index in [1.54, 1.807) is 65.4 Å². The van der Waals surface area contributed by atoms with E-state index in [0.717, 1.165) is 40.0 Å². The molecule has 3 aromatic heterocycles. The van der Waals surface area contributed by atoms with E-state index >= 15 is 0 Å². The lowest BCUT2D eigenvalue weighted by molar-refractivity contribution is 0.589. The molecule has 0 N–H and O–H groups in total. The van der Waals surface area contributed by atoms with Crippen LogP contribution >= 0.6 is 19.7 Å². The second kappa shape index (κ2) is 15.6. The Labute approximate surface area is 288 Å². The second-order valence-corrected chi connectivity index (χ2v) is 16.3. The maximum Gasteiger partial charge on any atom is 0.269 e. The highest BCUT2D eigenvalue weighted by atomic mass is 32.2. The summed E-state index contributed by atoms with van der Waals surface area (Å²) in [5.41, 5.74) is 2.09. The van der Waals surface area contributed by atoms with Gasteiger partial charge in [-0.1, -0.05) is 123 Å². The topological polar surface area (TPSA) is 69.8 Å². The molecule has 0 saturated carbocycles. The Balaban J connectivity index is 0.000000182. The van der Waals surface area contributed by atoms with Crippen molar-refractivity contribution in [2.24, 2.45) is 7.05 Å². The molecule has 242 valence electrons. The van der Waals surface area contributed by atoms with Crippen molar-refractivity contribution in [3.63, 3.8) is 0 Å². The minimum atomic E-state index is -3.76. The molecule has 6 nitrogen and oxygen atoms in total. The Morgan fingerprint density at radius 1 is 0.729 bits per heavy atom.